The van der Waals surface area contributed by atoms with Gasteiger partial charge in [0.25, 0.3) is 0 Å². The third kappa shape index (κ3) is 3.33. The Labute approximate surface area is 232 Å². The fraction of sp³-hybridized carbons (Fsp3) is 0.351. The third-order valence-electron chi connectivity index (χ3n) is 11.0. The van der Waals surface area contributed by atoms with Gasteiger partial charge in [0.2, 0.25) is 0 Å². The minimum atomic E-state index is 0.0123. The highest BCUT2D eigenvalue weighted by Gasteiger charge is 2.58. The van der Waals surface area contributed by atoms with Crippen LogP contribution in [0.3, 0.4) is 0 Å². The van der Waals surface area contributed by atoms with E-state index in [1.807, 2.05) is 0 Å². The summed E-state index contributed by atoms with van der Waals surface area (Å²) in [6.07, 6.45) is 6.99. The van der Waals surface area contributed by atoms with Crippen LogP contribution >= 0.6 is 0 Å². The van der Waals surface area contributed by atoms with Crippen LogP contribution in [0.15, 0.2) is 91.0 Å². The number of hydrogen-bond donors (Lipinski definition) is 2. The quantitative estimate of drug-likeness (QED) is 0.269. The Morgan fingerprint density at radius 1 is 0.615 bits per heavy atom. The maximum Gasteiger partial charge on any atom is 0.0387 e. The number of nitrogens with one attached hydrogen (secondary N) is 1. The molecule has 2 nitrogen and oxygen atoms in total. The maximum atomic E-state index is 6.14. The fourth-order valence-corrected chi connectivity index (χ4v) is 9.57. The molecule has 2 heteroatoms. The van der Waals surface area contributed by atoms with Crippen molar-refractivity contribution < 1.29 is 0 Å². The zero-order valence-electron chi connectivity index (χ0n) is 23.1. The second kappa shape index (κ2) is 8.24. The first-order chi connectivity index (χ1) is 18.9. The Morgan fingerprint density at radius 2 is 1.18 bits per heavy atom. The Bertz CT molecular complexity index is 1530. The van der Waals surface area contributed by atoms with Crippen LogP contribution in [0.25, 0.3) is 11.1 Å². The van der Waals surface area contributed by atoms with Gasteiger partial charge in [-0.2, -0.15) is 0 Å². The lowest BCUT2D eigenvalue weighted by molar-refractivity contribution is -0.0418. The first-order valence-corrected chi connectivity index (χ1v) is 14.9. The van der Waals surface area contributed by atoms with Gasteiger partial charge in [-0.1, -0.05) is 68.4 Å². The van der Waals surface area contributed by atoms with Crippen LogP contribution < -0.4 is 11.1 Å². The van der Waals surface area contributed by atoms with Gasteiger partial charge in [0.05, 0.1) is 0 Å². The SMILES string of the molecule is CC1(C)c2ccccc2-c2ccc(Nc3ccc(C4(c5ccc(N)cc5)C5CC6CC(C5)CC4C6)cc3)cc21. The van der Waals surface area contributed by atoms with E-state index >= 15 is 0 Å². The molecule has 5 aliphatic rings. The molecule has 39 heavy (non-hydrogen) atoms. The molecule has 0 aromatic heterocycles. The molecule has 0 atom stereocenters. The second-order valence-corrected chi connectivity index (χ2v) is 13.4. The van der Waals surface area contributed by atoms with Gasteiger partial charge in [-0.3, -0.25) is 0 Å². The molecular weight excluding hydrogens is 472 g/mol. The predicted octanol–water partition coefficient (Wildman–Crippen LogP) is 9.06. The summed E-state index contributed by atoms with van der Waals surface area (Å²) in [6.45, 7) is 4.69. The largest absolute Gasteiger partial charge is 0.399 e. The summed E-state index contributed by atoms with van der Waals surface area (Å²) in [5.41, 5.74) is 18.0. The van der Waals surface area contributed by atoms with Crippen LogP contribution in [0.1, 0.15) is 68.2 Å². The smallest absolute Gasteiger partial charge is 0.0387 e. The lowest BCUT2D eigenvalue weighted by atomic mass is 9.42. The molecule has 0 radical (unpaired) electrons. The van der Waals surface area contributed by atoms with Crippen LogP contribution in [-0.2, 0) is 10.8 Å². The van der Waals surface area contributed by atoms with Crippen molar-refractivity contribution in [3.8, 4) is 11.1 Å². The molecule has 3 N–H and O–H groups in total. The molecule has 5 aliphatic carbocycles. The van der Waals surface area contributed by atoms with E-state index < -0.39 is 0 Å². The molecule has 4 saturated carbocycles. The van der Waals surface area contributed by atoms with Crippen molar-refractivity contribution in [2.24, 2.45) is 23.7 Å². The first-order valence-electron chi connectivity index (χ1n) is 14.9. The van der Waals surface area contributed by atoms with E-state index in [0.29, 0.717) is 0 Å². The molecule has 0 spiro atoms. The Hall–Kier alpha value is -3.52. The Morgan fingerprint density at radius 3 is 1.85 bits per heavy atom. The number of anilines is 3. The molecule has 4 aromatic carbocycles. The van der Waals surface area contributed by atoms with Gasteiger partial charge in [-0.25, -0.2) is 0 Å². The minimum Gasteiger partial charge on any atom is -0.399 e. The van der Waals surface area contributed by atoms with Crippen LogP contribution in [0, 0.1) is 23.7 Å². The minimum absolute atomic E-state index is 0.0123. The molecule has 0 aliphatic heterocycles. The molecule has 0 amide bonds. The van der Waals surface area contributed by atoms with Crippen molar-refractivity contribution in [2.45, 2.75) is 56.8 Å². The van der Waals surface area contributed by atoms with Crippen molar-refractivity contribution >= 4 is 17.1 Å². The average molecular weight is 511 g/mol. The summed E-state index contributed by atoms with van der Waals surface area (Å²) in [5, 5.41) is 3.74. The summed E-state index contributed by atoms with van der Waals surface area (Å²) in [4.78, 5) is 0. The number of nitrogen functional groups attached to an aromatic ring is 1. The van der Waals surface area contributed by atoms with E-state index in [1.54, 1.807) is 0 Å². The predicted molar refractivity (Wildman–Crippen MR) is 162 cm³/mol. The summed E-state index contributed by atoms with van der Waals surface area (Å²) in [7, 11) is 0. The summed E-state index contributed by atoms with van der Waals surface area (Å²) in [5.74, 6) is 3.34. The normalized spacial score (nSPS) is 29.2. The molecule has 4 aromatic rings. The summed E-state index contributed by atoms with van der Waals surface area (Å²) >= 11 is 0. The van der Waals surface area contributed by atoms with Gasteiger partial charge in [0, 0.05) is 27.9 Å². The van der Waals surface area contributed by atoms with Crippen molar-refractivity contribution in [3.05, 3.63) is 113 Å². The lowest BCUT2D eigenvalue weighted by Crippen LogP contribution is -2.56. The number of fused-ring (bicyclic) bond motifs is 3. The zero-order chi connectivity index (χ0) is 26.4. The fourth-order valence-electron chi connectivity index (χ4n) is 9.57. The summed E-state index contributed by atoms with van der Waals surface area (Å²) in [6, 6.07) is 34.1. The number of rotatable bonds is 4. The van der Waals surface area contributed by atoms with Gasteiger partial charge in [0.15, 0.2) is 0 Å². The maximum absolute atomic E-state index is 6.14. The summed E-state index contributed by atoms with van der Waals surface area (Å²) < 4.78 is 0. The molecule has 196 valence electrons. The first kappa shape index (κ1) is 23.4. The Kier molecular flexibility index (Phi) is 4.94. The van der Waals surface area contributed by atoms with Gasteiger partial charge in [-0.05, 0) is 126 Å². The molecule has 4 fully saturated rings. The van der Waals surface area contributed by atoms with Crippen LogP contribution in [0.5, 0.6) is 0 Å². The van der Waals surface area contributed by atoms with Crippen LogP contribution in [-0.4, -0.2) is 0 Å². The van der Waals surface area contributed by atoms with Crippen LogP contribution in [0.4, 0.5) is 17.1 Å². The molecular formula is C37H38N2. The third-order valence-corrected chi connectivity index (χ3v) is 11.0. The number of nitrogens with two attached hydrogens (primary N) is 1. The lowest BCUT2D eigenvalue weighted by Gasteiger charge is -2.62. The highest BCUT2D eigenvalue weighted by molar-refractivity contribution is 5.83. The monoisotopic (exact) mass is 510 g/mol. The number of hydrogen-bond acceptors (Lipinski definition) is 2. The van der Waals surface area contributed by atoms with Gasteiger partial charge >= 0.3 is 0 Å². The molecule has 0 heterocycles. The van der Waals surface area contributed by atoms with Crippen molar-refractivity contribution in [3.63, 3.8) is 0 Å². The van der Waals surface area contributed by atoms with E-state index in [-0.39, 0.29) is 10.8 Å². The van der Waals surface area contributed by atoms with Gasteiger partial charge in [0.1, 0.15) is 0 Å². The van der Waals surface area contributed by atoms with E-state index in [1.165, 1.54) is 65.5 Å². The van der Waals surface area contributed by atoms with E-state index in [2.05, 4.69) is 110 Å². The molecule has 4 bridgehead atoms. The van der Waals surface area contributed by atoms with Gasteiger partial charge < -0.3 is 11.1 Å². The number of benzene rings is 4. The van der Waals surface area contributed by atoms with E-state index in [9.17, 15) is 0 Å². The topological polar surface area (TPSA) is 38.0 Å². The standard InChI is InChI=1S/C37H38N2/c1-36(2)34-6-4-3-5-32(34)33-16-15-31(22-35(33)36)39-30-13-9-26(10-14-30)37(25-7-11-29(38)12-8-25)27-18-23-17-24(20-27)21-28(37)19-23/h3-16,22-24,27-28,39H,17-21,38H2,1-2H3. The molecule has 0 unspecified atom stereocenters. The van der Waals surface area contributed by atoms with Crippen molar-refractivity contribution in [1.82, 2.24) is 0 Å². The molecule has 9 rings (SSSR count). The van der Waals surface area contributed by atoms with Gasteiger partial charge in [-0.15, -0.1) is 0 Å². The van der Waals surface area contributed by atoms with Crippen molar-refractivity contribution in [1.29, 1.82) is 0 Å². The average Bonchev–Trinajstić information content (AvgIpc) is 3.16. The molecule has 0 saturated heterocycles. The zero-order valence-corrected chi connectivity index (χ0v) is 23.1. The van der Waals surface area contributed by atoms with Crippen LogP contribution in [0.2, 0.25) is 0 Å². The highest BCUT2D eigenvalue weighted by atomic mass is 14.9. The second-order valence-electron chi connectivity index (χ2n) is 13.4. The van der Waals surface area contributed by atoms with Crippen molar-refractivity contribution in [2.75, 3.05) is 11.1 Å². The highest BCUT2D eigenvalue weighted by Crippen LogP contribution is 2.65. The van der Waals surface area contributed by atoms with E-state index in [0.717, 1.165) is 40.7 Å². The Balaban J connectivity index is 1.14. The van der Waals surface area contributed by atoms with E-state index in [4.69, 9.17) is 5.73 Å².